The summed E-state index contributed by atoms with van der Waals surface area (Å²) in [7, 11) is 0. The zero-order valence-corrected chi connectivity index (χ0v) is 11.7. The van der Waals surface area contributed by atoms with Crippen LogP contribution in [0.3, 0.4) is 0 Å². The van der Waals surface area contributed by atoms with Crippen molar-refractivity contribution in [3.05, 3.63) is 29.3 Å². The van der Waals surface area contributed by atoms with Crippen LogP contribution in [-0.4, -0.2) is 54.9 Å². The number of alkyl halides is 3. The van der Waals surface area contributed by atoms with E-state index in [2.05, 4.69) is 0 Å². The van der Waals surface area contributed by atoms with Gasteiger partial charge in [-0.05, 0) is 18.6 Å². The minimum Gasteiger partial charge on any atom is -0.478 e. The number of carboxylic acid groups (broad SMARTS) is 1. The fourth-order valence-corrected chi connectivity index (χ4v) is 2.63. The molecule has 1 heterocycles. The summed E-state index contributed by atoms with van der Waals surface area (Å²) in [5.74, 6) is -1.02. The fraction of sp³-hybridized carbons (Fsp3) is 0.500. The van der Waals surface area contributed by atoms with Gasteiger partial charge in [0.25, 0.3) is 0 Å². The lowest BCUT2D eigenvalue weighted by Gasteiger charge is -2.37. The normalized spacial score (nSPS) is 17.0. The molecule has 0 bridgehead atoms. The van der Waals surface area contributed by atoms with E-state index < -0.39 is 18.7 Å². The van der Waals surface area contributed by atoms with Gasteiger partial charge in [0.05, 0.1) is 17.8 Å². The van der Waals surface area contributed by atoms with Crippen molar-refractivity contribution >= 4 is 11.7 Å². The van der Waals surface area contributed by atoms with Crippen molar-refractivity contribution in [3.63, 3.8) is 0 Å². The predicted octanol–water partition coefficient (Wildman–Crippen LogP) is 2.38. The van der Waals surface area contributed by atoms with E-state index in [0.717, 1.165) is 5.56 Å². The highest BCUT2D eigenvalue weighted by molar-refractivity contribution is 5.95. The molecule has 0 aromatic heterocycles. The van der Waals surface area contributed by atoms with Crippen molar-refractivity contribution in [2.45, 2.75) is 13.1 Å². The largest absolute Gasteiger partial charge is 0.478 e. The summed E-state index contributed by atoms with van der Waals surface area (Å²) in [6, 6.07) is 5.00. The van der Waals surface area contributed by atoms with Crippen LogP contribution in [0.2, 0.25) is 0 Å². The Bertz CT molecular complexity index is 523. The van der Waals surface area contributed by atoms with Crippen molar-refractivity contribution in [1.29, 1.82) is 0 Å². The van der Waals surface area contributed by atoms with Crippen LogP contribution < -0.4 is 4.90 Å². The average Bonchev–Trinajstić information content (AvgIpc) is 2.37. The first kappa shape index (κ1) is 15.6. The van der Waals surface area contributed by atoms with Gasteiger partial charge < -0.3 is 10.0 Å². The topological polar surface area (TPSA) is 43.8 Å². The van der Waals surface area contributed by atoms with Gasteiger partial charge in [-0.1, -0.05) is 12.1 Å². The van der Waals surface area contributed by atoms with Crippen molar-refractivity contribution < 1.29 is 23.1 Å². The van der Waals surface area contributed by atoms with Crippen LogP contribution in [0.5, 0.6) is 0 Å². The molecule has 0 unspecified atom stereocenters. The van der Waals surface area contributed by atoms with E-state index in [1.165, 1.54) is 11.0 Å². The summed E-state index contributed by atoms with van der Waals surface area (Å²) in [5.41, 5.74) is 1.62. The molecule has 21 heavy (non-hydrogen) atoms. The molecular formula is C14H17F3N2O2. The molecule has 1 fully saturated rings. The number of halogens is 3. The number of carboxylic acids is 1. The van der Waals surface area contributed by atoms with Crippen molar-refractivity contribution in [2.24, 2.45) is 0 Å². The second-order valence-corrected chi connectivity index (χ2v) is 5.15. The first-order valence-electron chi connectivity index (χ1n) is 6.65. The lowest BCUT2D eigenvalue weighted by atomic mass is 10.1. The molecule has 7 heteroatoms. The highest BCUT2D eigenvalue weighted by Gasteiger charge is 2.32. The molecule has 0 saturated carbocycles. The van der Waals surface area contributed by atoms with E-state index in [1.54, 1.807) is 6.07 Å². The Morgan fingerprint density at radius 3 is 2.38 bits per heavy atom. The maximum atomic E-state index is 12.4. The molecule has 0 aliphatic carbocycles. The third kappa shape index (κ3) is 3.87. The zero-order valence-electron chi connectivity index (χ0n) is 11.7. The van der Waals surface area contributed by atoms with Gasteiger partial charge in [0.15, 0.2) is 0 Å². The summed E-state index contributed by atoms with van der Waals surface area (Å²) in [6.45, 7) is 2.21. The highest BCUT2D eigenvalue weighted by Crippen LogP contribution is 2.27. The van der Waals surface area contributed by atoms with Gasteiger partial charge >= 0.3 is 12.1 Å². The summed E-state index contributed by atoms with van der Waals surface area (Å²) >= 11 is 0. The maximum absolute atomic E-state index is 12.4. The minimum absolute atomic E-state index is 0.194. The molecule has 1 aliphatic rings. The number of benzene rings is 1. The number of anilines is 1. The lowest BCUT2D eigenvalue weighted by molar-refractivity contribution is -0.146. The first-order chi connectivity index (χ1) is 9.78. The molecule has 0 amide bonds. The quantitative estimate of drug-likeness (QED) is 0.931. The van der Waals surface area contributed by atoms with E-state index in [9.17, 15) is 23.1 Å². The molecule has 1 N–H and O–H groups in total. The van der Waals surface area contributed by atoms with Gasteiger partial charge in [-0.3, -0.25) is 4.90 Å². The predicted molar refractivity (Wildman–Crippen MR) is 72.8 cm³/mol. The highest BCUT2D eigenvalue weighted by atomic mass is 19.4. The molecule has 1 aromatic rings. The third-order valence-electron chi connectivity index (χ3n) is 3.56. The molecule has 1 aliphatic heterocycles. The van der Waals surface area contributed by atoms with E-state index in [4.69, 9.17) is 0 Å². The van der Waals surface area contributed by atoms with E-state index in [1.807, 2.05) is 17.9 Å². The molecule has 1 aromatic carbocycles. The van der Waals surface area contributed by atoms with Crippen molar-refractivity contribution in [3.8, 4) is 0 Å². The number of aryl methyl sites for hydroxylation is 1. The smallest absolute Gasteiger partial charge is 0.401 e. The number of hydrogen-bond acceptors (Lipinski definition) is 3. The summed E-state index contributed by atoms with van der Waals surface area (Å²) < 4.78 is 37.1. The van der Waals surface area contributed by atoms with Crippen LogP contribution in [0, 0.1) is 6.92 Å². The van der Waals surface area contributed by atoms with Crippen LogP contribution >= 0.6 is 0 Å². The number of aromatic carboxylic acids is 1. The van der Waals surface area contributed by atoms with Crippen LogP contribution in [0.25, 0.3) is 0 Å². The summed E-state index contributed by atoms with van der Waals surface area (Å²) in [4.78, 5) is 14.5. The van der Waals surface area contributed by atoms with Crippen LogP contribution in [0.4, 0.5) is 18.9 Å². The van der Waals surface area contributed by atoms with E-state index in [-0.39, 0.29) is 18.7 Å². The Morgan fingerprint density at radius 1 is 1.24 bits per heavy atom. The molecule has 0 spiro atoms. The third-order valence-corrected chi connectivity index (χ3v) is 3.56. The van der Waals surface area contributed by atoms with Crippen molar-refractivity contribution in [1.82, 2.24) is 4.90 Å². The molecule has 2 rings (SSSR count). The molecule has 116 valence electrons. The SMILES string of the molecule is Cc1cccc(C(=O)O)c1N1CCN(CC(F)(F)F)CC1. The average molecular weight is 302 g/mol. The molecule has 0 radical (unpaired) electrons. The first-order valence-corrected chi connectivity index (χ1v) is 6.65. The van der Waals surface area contributed by atoms with Crippen LogP contribution in [-0.2, 0) is 0 Å². The fourth-order valence-electron chi connectivity index (χ4n) is 2.63. The monoisotopic (exact) mass is 302 g/mol. The molecule has 0 atom stereocenters. The maximum Gasteiger partial charge on any atom is 0.401 e. The van der Waals surface area contributed by atoms with Gasteiger partial charge in [0, 0.05) is 26.2 Å². The molecule has 1 saturated heterocycles. The van der Waals surface area contributed by atoms with Gasteiger partial charge in [0.2, 0.25) is 0 Å². The van der Waals surface area contributed by atoms with Gasteiger partial charge in [0.1, 0.15) is 0 Å². The lowest BCUT2D eigenvalue weighted by Crippen LogP contribution is -2.49. The second kappa shape index (κ2) is 5.93. The Kier molecular flexibility index (Phi) is 4.41. The van der Waals surface area contributed by atoms with E-state index in [0.29, 0.717) is 18.8 Å². The molecular weight excluding hydrogens is 285 g/mol. The van der Waals surface area contributed by atoms with E-state index >= 15 is 0 Å². The molecule has 4 nitrogen and oxygen atoms in total. The number of carbonyl (C=O) groups is 1. The van der Waals surface area contributed by atoms with Gasteiger partial charge in [-0.2, -0.15) is 13.2 Å². The number of rotatable bonds is 3. The number of para-hydroxylation sites is 1. The standard InChI is InChI=1S/C14H17F3N2O2/c1-10-3-2-4-11(13(20)21)12(10)19-7-5-18(6-8-19)9-14(15,16)17/h2-4H,5-9H2,1H3,(H,20,21). The Balaban J connectivity index is 2.11. The Hall–Kier alpha value is -1.76. The Morgan fingerprint density at radius 2 is 1.86 bits per heavy atom. The zero-order chi connectivity index (χ0) is 15.6. The minimum atomic E-state index is -4.20. The van der Waals surface area contributed by atoms with Gasteiger partial charge in [-0.15, -0.1) is 0 Å². The number of nitrogens with zero attached hydrogens (tertiary/aromatic N) is 2. The van der Waals surface area contributed by atoms with Crippen molar-refractivity contribution in [2.75, 3.05) is 37.6 Å². The number of piperazine rings is 1. The number of hydrogen-bond donors (Lipinski definition) is 1. The van der Waals surface area contributed by atoms with Crippen LogP contribution in [0.15, 0.2) is 18.2 Å². The Labute approximate surface area is 120 Å². The summed E-state index contributed by atoms with van der Waals surface area (Å²) in [6.07, 6.45) is -4.20. The van der Waals surface area contributed by atoms with Crippen LogP contribution in [0.1, 0.15) is 15.9 Å². The van der Waals surface area contributed by atoms with Gasteiger partial charge in [-0.25, -0.2) is 4.79 Å². The second-order valence-electron chi connectivity index (χ2n) is 5.15. The summed E-state index contributed by atoms with van der Waals surface area (Å²) in [5, 5.41) is 9.24.